The summed E-state index contributed by atoms with van der Waals surface area (Å²) in [5, 5.41) is 0.120. The molecule has 1 atom stereocenters. The molecular weight excluding hydrogens is 242 g/mol. The van der Waals surface area contributed by atoms with Crippen molar-refractivity contribution < 1.29 is 9.53 Å². The molecule has 0 aliphatic carbocycles. The van der Waals surface area contributed by atoms with E-state index in [1.54, 1.807) is 6.07 Å². The van der Waals surface area contributed by atoms with Gasteiger partial charge in [-0.1, -0.05) is 20.8 Å². The average Bonchev–Trinajstić information content (AvgIpc) is 2.59. The number of anilines is 1. The normalized spacial score (nSPS) is 20.6. The molecule has 1 aliphatic rings. The zero-order chi connectivity index (χ0) is 12.6. The van der Waals surface area contributed by atoms with E-state index in [0.29, 0.717) is 12.4 Å². The van der Waals surface area contributed by atoms with E-state index < -0.39 is 0 Å². The summed E-state index contributed by atoms with van der Waals surface area (Å²) in [6.07, 6.45) is 1.13. The minimum absolute atomic E-state index is 0.0547. The van der Waals surface area contributed by atoms with E-state index in [-0.39, 0.29) is 22.8 Å². The fourth-order valence-corrected chi connectivity index (χ4v) is 1.92. The molecular formula is C11H14ClN3O2. The summed E-state index contributed by atoms with van der Waals surface area (Å²) in [5.74, 6) is 0.479. The second kappa shape index (κ2) is 4.14. The molecule has 6 heteroatoms. The van der Waals surface area contributed by atoms with Crippen LogP contribution in [-0.2, 0) is 4.74 Å². The Morgan fingerprint density at radius 2 is 2.24 bits per heavy atom. The number of amides is 1. The predicted octanol–water partition coefficient (Wildman–Crippen LogP) is 2.50. The first-order valence-corrected chi connectivity index (χ1v) is 5.72. The largest absolute Gasteiger partial charge is 0.447 e. The van der Waals surface area contributed by atoms with Crippen LogP contribution in [0.25, 0.3) is 0 Å². The zero-order valence-corrected chi connectivity index (χ0v) is 10.7. The number of cyclic esters (lactones) is 1. The van der Waals surface area contributed by atoms with Gasteiger partial charge >= 0.3 is 6.09 Å². The number of hydrogen-bond donors (Lipinski definition) is 0. The molecule has 0 radical (unpaired) electrons. The van der Waals surface area contributed by atoms with Crippen LogP contribution in [0, 0.1) is 5.41 Å². The highest BCUT2D eigenvalue weighted by Crippen LogP contribution is 2.32. The Morgan fingerprint density at radius 3 is 2.82 bits per heavy atom. The Labute approximate surface area is 105 Å². The highest BCUT2D eigenvalue weighted by atomic mass is 35.5. The van der Waals surface area contributed by atoms with Crippen molar-refractivity contribution in [1.29, 1.82) is 0 Å². The molecule has 17 heavy (non-hydrogen) atoms. The number of nitrogens with zero attached hydrogens (tertiary/aromatic N) is 3. The summed E-state index contributed by atoms with van der Waals surface area (Å²) in [5.41, 5.74) is -0.0937. The van der Waals surface area contributed by atoms with Crippen molar-refractivity contribution in [2.45, 2.75) is 26.8 Å². The first kappa shape index (κ1) is 12.1. The predicted molar refractivity (Wildman–Crippen MR) is 64.1 cm³/mol. The molecule has 0 bridgehead atoms. The van der Waals surface area contributed by atoms with Crippen LogP contribution in [0.15, 0.2) is 12.3 Å². The first-order valence-electron chi connectivity index (χ1n) is 5.34. The molecule has 1 amide bonds. The Morgan fingerprint density at radius 1 is 1.53 bits per heavy atom. The van der Waals surface area contributed by atoms with Gasteiger partial charge in [-0.05, 0) is 23.1 Å². The van der Waals surface area contributed by atoms with E-state index in [9.17, 15) is 4.79 Å². The Hall–Kier alpha value is -1.36. The number of hydrogen-bond acceptors (Lipinski definition) is 4. The summed E-state index contributed by atoms with van der Waals surface area (Å²) in [7, 11) is 0. The lowest BCUT2D eigenvalue weighted by molar-refractivity contribution is 0.172. The smallest absolute Gasteiger partial charge is 0.415 e. The standard InChI is InChI=1S/C11H14ClN3O2/c1-11(2,3)7-6-17-10(16)15(7)8-4-5-13-9(12)14-8/h4-5,7H,6H2,1-3H3. The molecule has 1 unspecified atom stereocenters. The van der Waals surface area contributed by atoms with Gasteiger partial charge < -0.3 is 4.74 Å². The lowest BCUT2D eigenvalue weighted by Crippen LogP contribution is -2.43. The molecule has 92 valence electrons. The fourth-order valence-electron chi connectivity index (χ4n) is 1.77. The van der Waals surface area contributed by atoms with Crippen LogP contribution in [0.1, 0.15) is 20.8 Å². The van der Waals surface area contributed by atoms with E-state index >= 15 is 0 Å². The topological polar surface area (TPSA) is 55.3 Å². The van der Waals surface area contributed by atoms with E-state index in [1.807, 2.05) is 0 Å². The maximum Gasteiger partial charge on any atom is 0.415 e. The summed E-state index contributed by atoms with van der Waals surface area (Å²) >= 11 is 5.73. The van der Waals surface area contributed by atoms with E-state index in [1.165, 1.54) is 11.1 Å². The number of carbonyl (C=O) groups excluding carboxylic acids is 1. The quantitative estimate of drug-likeness (QED) is 0.724. The van der Waals surface area contributed by atoms with Crippen LogP contribution in [0.3, 0.4) is 0 Å². The second-order valence-electron chi connectivity index (χ2n) is 5.01. The van der Waals surface area contributed by atoms with Gasteiger partial charge in [-0.2, -0.15) is 0 Å². The van der Waals surface area contributed by atoms with Crippen LogP contribution >= 0.6 is 11.6 Å². The molecule has 1 aromatic heterocycles. The molecule has 0 N–H and O–H groups in total. The first-order chi connectivity index (χ1) is 7.89. The summed E-state index contributed by atoms with van der Waals surface area (Å²) < 4.78 is 5.08. The Balaban J connectivity index is 2.38. The van der Waals surface area contributed by atoms with Crippen molar-refractivity contribution >= 4 is 23.5 Å². The lowest BCUT2D eigenvalue weighted by atomic mass is 9.87. The van der Waals surface area contributed by atoms with Gasteiger partial charge in [0.05, 0.1) is 6.04 Å². The number of carbonyl (C=O) groups is 1. The molecule has 0 spiro atoms. The lowest BCUT2D eigenvalue weighted by Gasteiger charge is -2.31. The molecule has 1 aliphatic heterocycles. The maximum atomic E-state index is 11.7. The third-order valence-corrected chi connectivity index (χ3v) is 2.91. The molecule has 0 saturated carbocycles. The summed E-state index contributed by atoms with van der Waals surface area (Å²) in [6, 6.07) is 1.60. The van der Waals surface area contributed by atoms with Gasteiger partial charge in [-0.25, -0.2) is 14.8 Å². The van der Waals surface area contributed by atoms with Gasteiger partial charge in [-0.15, -0.1) is 0 Å². The molecule has 1 aromatic rings. The van der Waals surface area contributed by atoms with Crippen LogP contribution < -0.4 is 4.90 Å². The van der Waals surface area contributed by atoms with Gasteiger partial charge in [0, 0.05) is 6.20 Å². The second-order valence-corrected chi connectivity index (χ2v) is 5.35. The van der Waals surface area contributed by atoms with Gasteiger partial charge in [-0.3, -0.25) is 4.90 Å². The number of aromatic nitrogens is 2. The third-order valence-electron chi connectivity index (χ3n) is 2.73. The van der Waals surface area contributed by atoms with E-state index in [0.717, 1.165) is 0 Å². The highest BCUT2D eigenvalue weighted by Gasteiger charge is 2.42. The SMILES string of the molecule is CC(C)(C)C1COC(=O)N1c1ccnc(Cl)n1. The zero-order valence-electron chi connectivity index (χ0n) is 9.98. The van der Waals surface area contributed by atoms with Crippen molar-refractivity contribution in [3.05, 3.63) is 17.5 Å². The monoisotopic (exact) mass is 255 g/mol. The molecule has 2 heterocycles. The van der Waals surface area contributed by atoms with Gasteiger partial charge in [0.25, 0.3) is 0 Å². The minimum Gasteiger partial charge on any atom is -0.447 e. The van der Waals surface area contributed by atoms with Gasteiger partial charge in [0.1, 0.15) is 12.4 Å². The summed E-state index contributed by atoms with van der Waals surface area (Å²) in [4.78, 5) is 21.1. The molecule has 5 nitrogen and oxygen atoms in total. The Kier molecular flexibility index (Phi) is 2.95. The maximum absolute atomic E-state index is 11.7. The highest BCUT2D eigenvalue weighted by molar-refractivity contribution is 6.28. The average molecular weight is 256 g/mol. The van der Waals surface area contributed by atoms with Crippen LogP contribution in [0.2, 0.25) is 5.28 Å². The van der Waals surface area contributed by atoms with Gasteiger partial charge in [0.2, 0.25) is 5.28 Å². The van der Waals surface area contributed by atoms with Crippen molar-refractivity contribution in [1.82, 2.24) is 9.97 Å². The van der Waals surface area contributed by atoms with Crippen LogP contribution in [0.4, 0.5) is 10.6 Å². The van der Waals surface area contributed by atoms with E-state index in [4.69, 9.17) is 16.3 Å². The fraction of sp³-hybridized carbons (Fsp3) is 0.545. The third kappa shape index (κ3) is 2.34. The van der Waals surface area contributed by atoms with Crippen LogP contribution in [-0.4, -0.2) is 28.7 Å². The minimum atomic E-state index is -0.389. The van der Waals surface area contributed by atoms with E-state index in [2.05, 4.69) is 30.7 Å². The molecule has 2 rings (SSSR count). The van der Waals surface area contributed by atoms with Crippen molar-refractivity contribution in [3.8, 4) is 0 Å². The van der Waals surface area contributed by atoms with Crippen molar-refractivity contribution in [3.63, 3.8) is 0 Å². The van der Waals surface area contributed by atoms with Crippen LogP contribution in [0.5, 0.6) is 0 Å². The number of halogens is 1. The van der Waals surface area contributed by atoms with Crippen molar-refractivity contribution in [2.75, 3.05) is 11.5 Å². The molecule has 1 saturated heterocycles. The Bertz CT molecular complexity index is 445. The van der Waals surface area contributed by atoms with Gasteiger partial charge in [0.15, 0.2) is 0 Å². The molecule has 0 aromatic carbocycles. The van der Waals surface area contributed by atoms with Crippen molar-refractivity contribution in [2.24, 2.45) is 5.41 Å². The number of ether oxygens (including phenoxy) is 1. The number of rotatable bonds is 1. The molecule has 1 fully saturated rings. The summed E-state index contributed by atoms with van der Waals surface area (Å²) in [6.45, 7) is 6.52.